The number of rotatable bonds is 3. The standard InChI is InChI=1S/C12H13NO2/c1-3-4-5-10(2)11-6-8-12(9-7-11)13(14)15/h3-9H,1-2H3/b4-3-,10-5+. The van der Waals surface area contributed by atoms with Gasteiger partial charge in [0.05, 0.1) is 4.92 Å². The largest absolute Gasteiger partial charge is 0.269 e. The smallest absolute Gasteiger partial charge is 0.258 e. The van der Waals surface area contributed by atoms with Crippen LogP contribution in [0.2, 0.25) is 0 Å². The lowest BCUT2D eigenvalue weighted by Gasteiger charge is -1.99. The average molecular weight is 203 g/mol. The number of hydrogen-bond acceptors (Lipinski definition) is 2. The Bertz CT molecular complexity index is 402. The second-order valence-corrected chi connectivity index (χ2v) is 3.18. The lowest BCUT2D eigenvalue weighted by atomic mass is 10.1. The van der Waals surface area contributed by atoms with Crippen LogP contribution in [0.15, 0.2) is 42.5 Å². The van der Waals surface area contributed by atoms with Crippen molar-refractivity contribution in [2.75, 3.05) is 0 Å². The quantitative estimate of drug-likeness (QED) is 0.428. The summed E-state index contributed by atoms with van der Waals surface area (Å²) in [6.45, 7) is 3.92. The minimum absolute atomic E-state index is 0.123. The van der Waals surface area contributed by atoms with E-state index in [1.165, 1.54) is 12.1 Å². The molecule has 0 bridgehead atoms. The van der Waals surface area contributed by atoms with Crippen molar-refractivity contribution in [3.05, 3.63) is 58.2 Å². The van der Waals surface area contributed by atoms with Crippen LogP contribution in [0.1, 0.15) is 19.4 Å². The van der Waals surface area contributed by atoms with E-state index in [9.17, 15) is 10.1 Å². The van der Waals surface area contributed by atoms with E-state index in [1.807, 2.05) is 32.1 Å². The Kier molecular flexibility index (Phi) is 3.80. The number of nitrogens with zero attached hydrogens (tertiary/aromatic N) is 1. The Hall–Kier alpha value is -1.90. The van der Waals surface area contributed by atoms with E-state index in [2.05, 4.69) is 0 Å². The van der Waals surface area contributed by atoms with Crippen LogP contribution in [0.3, 0.4) is 0 Å². The lowest BCUT2D eigenvalue weighted by Crippen LogP contribution is -1.87. The zero-order valence-corrected chi connectivity index (χ0v) is 8.81. The highest BCUT2D eigenvalue weighted by atomic mass is 16.6. The molecule has 0 unspecified atom stereocenters. The zero-order valence-electron chi connectivity index (χ0n) is 8.81. The van der Waals surface area contributed by atoms with Gasteiger partial charge in [-0.3, -0.25) is 10.1 Å². The number of hydrogen-bond donors (Lipinski definition) is 0. The van der Waals surface area contributed by atoms with E-state index in [1.54, 1.807) is 12.1 Å². The van der Waals surface area contributed by atoms with E-state index in [0.29, 0.717) is 0 Å². The van der Waals surface area contributed by atoms with Crippen LogP contribution < -0.4 is 0 Å². The van der Waals surface area contributed by atoms with E-state index in [-0.39, 0.29) is 5.69 Å². The first-order valence-corrected chi connectivity index (χ1v) is 4.69. The third-order valence-electron chi connectivity index (χ3n) is 2.07. The highest BCUT2D eigenvalue weighted by Crippen LogP contribution is 2.18. The molecule has 0 aliphatic carbocycles. The van der Waals surface area contributed by atoms with Crippen molar-refractivity contribution >= 4 is 11.3 Å². The molecule has 15 heavy (non-hydrogen) atoms. The van der Waals surface area contributed by atoms with Crippen LogP contribution in [0.25, 0.3) is 5.57 Å². The number of non-ortho nitro benzene ring substituents is 1. The molecular weight excluding hydrogens is 190 g/mol. The molecule has 0 aromatic heterocycles. The molecule has 0 heterocycles. The van der Waals surface area contributed by atoms with Crippen LogP contribution in [-0.2, 0) is 0 Å². The monoisotopic (exact) mass is 203 g/mol. The van der Waals surface area contributed by atoms with E-state index in [0.717, 1.165) is 11.1 Å². The minimum atomic E-state index is -0.394. The molecule has 0 atom stereocenters. The molecule has 1 aromatic rings. The SMILES string of the molecule is C/C=C\C=C(/C)c1ccc([N+](=O)[O-])cc1. The maximum atomic E-state index is 10.4. The summed E-state index contributed by atoms with van der Waals surface area (Å²) in [5.74, 6) is 0. The molecule has 0 amide bonds. The summed E-state index contributed by atoms with van der Waals surface area (Å²) in [6, 6.07) is 6.55. The fourth-order valence-electron chi connectivity index (χ4n) is 1.18. The molecule has 3 heteroatoms. The van der Waals surface area contributed by atoms with Gasteiger partial charge >= 0.3 is 0 Å². The number of benzene rings is 1. The molecule has 1 rings (SSSR count). The van der Waals surface area contributed by atoms with Crippen molar-refractivity contribution < 1.29 is 4.92 Å². The molecule has 78 valence electrons. The normalized spacial score (nSPS) is 12.0. The van der Waals surface area contributed by atoms with Gasteiger partial charge in [-0.05, 0) is 37.1 Å². The Labute approximate surface area is 88.9 Å². The first-order valence-electron chi connectivity index (χ1n) is 4.69. The van der Waals surface area contributed by atoms with Gasteiger partial charge in [-0.1, -0.05) is 18.2 Å². The highest BCUT2D eigenvalue weighted by molar-refractivity contribution is 5.65. The van der Waals surface area contributed by atoms with Gasteiger partial charge in [0.1, 0.15) is 0 Å². The Morgan fingerprint density at radius 3 is 2.40 bits per heavy atom. The molecule has 0 radical (unpaired) electrons. The fourth-order valence-corrected chi connectivity index (χ4v) is 1.18. The van der Waals surface area contributed by atoms with E-state index < -0.39 is 4.92 Å². The number of nitro benzene ring substituents is 1. The average Bonchev–Trinajstić information content (AvgIpc) is 2.26. The molecule has 0 N–H and O–H groups in total. The topological polar surface area (TPSA) is 43.1 Å². The molecule has 0 spiro atoms. The van der Waals surface area contributed by atoms with Crippen LogP contribution in [0.4, 0.5) is 5.69 Å². The molecular formula is C12H13NO2. The lowest BCUT2D eigenvalue weighted by molar-refractivity contribution is -0.384. The summed E-state index contributed by atoms with van der Waals surface area (Å²) < 4.78 is 0. The number of nitro groups is 1. The summed E-state index contributed by atoms with van der Waals surface area (Å²) in [6.07, 6.45) is 5.85. The second kappa shape index (κ2) is 5.10. The summed E-state index contributed by atoms with van der Waals surface area (Å²) in [5, 5.41) is 10.4. The Morgan fingerprint density at radius 1 is 1.33 bits per heavy atom. The second-order valence-electron chi connectivity index (χ2n) is 3.18. The zero-order chi connectivity index (χ0) is 11.3. The van der Waals surface area contributed by atoms with Crippen molar-refractivity contribution in [2.24, 2.45) is 0 Å². The van der Waals surface area contributed by atoms with Crippen LogP contribution in [0, 0.1) is 10.1 Å². The van der Waals surface area contributed by atoms with Gasteiger partial charge in [-0.25, -0.2) is 0 Å². The van der Waals surface area contributed by atoms with Gasteiger partial charge in [0.2, 0.25) is 0 Å². The van der Waals surface area contributed by atoms with Gasteiger partial charge in [-0.2, -0.15) is 0 Å². The van der Waals surface area contributed by atoms with Crippen LogP contribution >= 0.6 is 0 Å². The molecule has 1 aromatic carbocycles. The molecule has 3 nitrogen and oxygen atoms in total. The third kappa shape index (κ3) is 3.06. The predicted octanol–water partition coefficient (Wildman–Crippen LogP) is 3.57. The van der Waals surface area contributed by atoms with Gasteiger partial charge in [0, 0.05) is 12.1 Å². The molecule has 0 aliphatic heterocycles. The van der Waals surface area contributed by atoms with Gasteiger partial charge in [0.15, 0.2) is 0 Å². The van der Waals surface area contributed by atoms with Gasteiger partial charge in [0.25, 0.3) is 5.69 Å². The Balaban J connectivity index is 2.93. The summed E-state index contributed by atoms with van der Waals surface area (Å²) in [7, 11) is 0. The van der Waals surface area contributed by atoms with Crippen molar-refractivity contribution in [1.29, 1.82) is 0 Å². The van der Waals surface area contributed by atoms with Crippen molar-refractivity contribution in [3.8, 4) is 0 Å². The number of allylic oxidation sites excluding steroid dienone is 4. The third-order valence-corrected chi connectivity index (χ3v) is 2.07. The van der Waals surface area contributed by atoms with Gasteiger partial charge in [-0.15, -0.1) is 0 Å². The summed E-state index contributed by atoms with van der Waals surface area (Å²) in [4.78, 5) is 10.0. The highest BCUT2D eigenvalue weighted by Gasteiger charge is 2.03. The molecule has 0 fully saturated rings. The van der Waals surface area contributed by atoms with Crippen LogP contribution in [-0.4, -0.2) is 4.92 Å². The fraction of sp³-hybridized carbons (Fsp3) is 0.167. The summed E-state index contributed by atoms with van der Waals surface area (Å²) in [5.41, 5.74) is 2.21. The molecule has 0 saturated heterocycles. The minimum Gasteiger partial charge on any atom is -0.258 e. The van der Waals surface area contributed by atoms with Crippen molar-refractivity contribution in [1.82, 2.24) is 0 Å². The van der Waals surface area contributed by atoms with Crippen molar-refractivity contribution in [3.63, 3.8) is 0 Å². The first kappa shape index (κ1) is 11.2. The predicted molar refractivity (Wildman–Crippen MR) is 61.6 cm³/mol. The maximum Gasteiger partial charge on any atom is 0.269 e. The Morgan fingerprint density at radius 2 is 1.93 bits per heavy atom. The maximum absolute atomic E-state index is 10.4. The molecule has 0 saturated carbocycles. The van der Waals surface area contributed by atoms with E-state index >= 15 is 0 Å². The first-order chi connectivity index (χ1) is 7.15. The van der Waals surface area contributed by atoms with Crippen LogP contribution in [0.5, 0.6) is 0 Å². The molecule has 0 aliphatic rings. The van der Waals surface area contributed by atoms with Gasteiger partial charge < -0.3 is 0 Å². The van der Waals surface area contributed by atoms with E-state index in [4.69, 9.17) is 0 Å². The van der Waals surface area contributed by atoms with Crippen molar-refractivity contribution in [2.45, 2.75) is 13.8 Å². The summed E-state index contributed by atoms with van der Waals surface area (Å²) >= 11 is 0.